The van der Waals surface area contributed by atoms with Crippen molar-refractivity contribution >= 4 is 0 Å². The van der Waals surface area contributed by atoms with Crippen LogP contribution in [0.25, 0.3) is 0 Å². The van der Waals surface area contributed by atoms with Gasteiger partial charge in [0.25, 0.3) is 0 Å². The van der Waals surface area contributed by atoms with Crippen molar-refractivity contribution in [2.75, 3.05) is 0 Å². The molecule has 0 atom stereocenters. The first-order chi connectivity index (χ1) is 14.4. The SMILES string of the molecule is CCCCCCCCC(N)(CCCCCCCC)CCCCCCCC.FC(F)F. The Morgan fingerprint density at radius 3 is 0.900 bits per heavy atom. The normalized spacial score (nSPS) is 11.6. The predicted molar refractivity (Wildman–Crippen MR) is 128 cm³/mol. The molecule has 0 aromatic heterocycles. The van der Waals surface area contributed by atoms with Gasteiger partial charge in [0.05, 0.1) is 0 Å². The van der Waals surface area contributed by atoms with E-state index in [-0.39, 0.29) is 5.54 Å². The molecule has 0 aliphatic rings. The van der Waals surface area contributed by atoms with E-state index in [1.165, 1.54) is 135 Å². The number of nitrogens with two attached hydrogens (primary N) is 1. The standard InChI is InChI=1S/C25H53N.CHF3/c1-4-7-10-13-16-19-22-25(26,23-20-17-14-11-8-5-2)24-21-18-15-12-9-6-3;2-1(3)4/h4-24,26H2,1-3H3;1H. The molecule has 0 aromatic carbocycles. The van der Waals surface area contributed by atoms with E-state index >= 15 is 0 Å². The summed E-state index contributed by atoms with van der Waals surface area (Å²) in [6.07, 6.45) is 28.8. The maximum absolute atomic E-state index is 9.67. The first kappa shape index (κ1) is 31.9. The van der Waals surface area contributed by atoms with Crippen LogP contribution in [0.1, 0.15) is 156 Å². The molecule has 0 fully saturated rings. The molecule has 2 N–H and O–H groups in total. The van der Waals surface area contributed by atoms with Gasteiger partial charge in [-0.2, -0.15) is 13.2 Å². The molecule has 4 heteroatoms. The average molecular weight is 438 g/mol. The maximum Gasteiger partial charge on any atom is 0.379 e. The lowest BCUT2D eigenvalue weighted by Gasteiger charge is -2.30. The fourth-order valence-corrected chi connectivity index (χ4v) is 4.15. The Labute approximate surface area is 187 Å². The first-order valence-corrected chi connectivity index (χ1v) is 13.1. The van der Waals surface area contributed by atoms with Crippen molar-refractivity contribution in [3.8, 4) is 0 Å². The summed E-state index contributed by atoms with van der Waals surface area (Å²) < 4.78 is 29.0. The van der Waals surface area contributed by atoms with E-state index in [2.05, 4.69) is 20.8 Å². The van der Waals surface area contributed by atoms with Crippen molar-refractivity contribution in [1.82, 2.24) is 0 Å². The van der Waals surface area contributed by atoms with Crippen LogP contribution in [-0.2, 0) is 0 Å². The summed E-state index contributed by atoms with van der Waals surface area (Å²) in [6.45, 7) is 3.23. The molecule has 0 rings (SSSR count). The van der Waals surface area contributed by atoms with Gasteiger partial charge in [-0.25, -0.2) is 0 Å². The van der Waals surface area contributed by atoms with Crippen LogP contribution in [0.3, 0.4) is 0 Å². The van der Waals surface area contributed by atoms with Gasteiger partial charge in [0.1, 0.15) is 0 Å². The van der Waals surface area contributed by atoms with E-state index in [1.54, 1.807) is 0 Å². The predicted octanol–water partition coefficient (Wildman–Crippen LogP) is 10.1. The van der Waals surface area contributed by atoms with Crippen molar-refractivity contribution < 1.29 is 13.2 Å². The quantitative estimate of drug-likeness (QED) is 0.178. The summed E-state index contributed by atoms with van der Waals surface area (Å²) in [6, 6.07) is 0. The van der Waals surface area contributed by atoms with Crippen LogP contribution in [-0.4, -0.2) is 12.2 Å². The number of unbranched alkanes of at least 4 members (excludes halogenated alkanes) is 15. The van der Waals surface area contributed by atoms with E-state index in [4.69, 9.17) is 5.73 Å². The van der Waals surface area contributed by atoms with Crippen LogP contribution in [0.2, 0.25) is 0 Å². The molecule has 0 amide bonds. The third kappa shape index (κ3) is 27.8. The van der Waals surface area contributed by atoms with Gasteiger partial charge in [-0.1, -0.05) is 136 Å². The van der Waals surface area contributed by atoms with E-state index < -0.39 is 6.68 Å². The van der Waals surface area contributed by atoms with E-state index in [9.17, 15) is 13.2 Å². The number of hydrogen-bond donors (Lipinski definition) is 1. The van der Waals surface area contributed by atoms with Crippen LogP contribution < -0.4 is 5.73 Å². The van der Waals surface area contributed by atoms with Gasteiger partial charge in [-0.15, -0.1) is 0 Å². The molecule has 0 aliphatic heterocycles. The second-order valence-electron chi connectivity index (χ2n) is 9.16. The Bertz CT molecular complexity index is 267. The van der Waals surface area contributed by atoms with Crippen molar-refractivity contribution in [2.24, 2.45) is 5.73 Å². The lowest BCUT2D eigenvalue weighted by atomic mass is 9.82. The molecule has 0 bridgehead atoms. The summed E-state index contributed by atoms with van der Waals surface area (Å²) in [5.74, 6) is 0. The van der Waals surface area contributed by atoms with Crippen LogP contribution in [0.5, 0.6) is 0 Å². The zero-order chi connectivity index (χ0) is 22.9. The van der Waals surface area contributed by atoms with Crippen molar-refractivity contribution in [2.45, 2.75) is 168 Å². The van der Waals surface area contributed by atoms with Gasteiger partial charge < -0.3 is 5.73 Å². The highest BCUT2D eigenvalue weighted by Gasteiger charge is 2.23. The van der Waals surface area contributed by atoms with Crippen molar-refractivity contribution in [3.63, 3.8) is 0 Å². The summed E-state index contributed by atoms with van der Waals surface area (Å²) in [5, 5.41) is 0. The van der Waals surface area contributed by atoms with E-state index in [0.29, 0.717) is 0 Å². The van der Waals surface area contributed by atoms with Crippen LogP contribution in [0.15, 0.2) is 0 Å². The highest BCUT2D eigenvalue weighted by molar-refractivity contribution is 4.84. The third-order valence-electron chi connectivity index (χ3n) is 6.08. The minimum Gasteiger partial charge on any atom is -0.325 e. The van der Waals surface area contributed by atoms with Gasteiger partial charge in [-0.3, -0.25) is 0 Å². The molecular weight excluding hydrogens is 383 g/mol. The van der Waals surface area contributed by atoms with Gasteiger partial charge in [0, 0.05) is 5.54 Å². The van der Waals surface area contributed by atoms with Crippen LogP contribution >= 0.6 is 0 Å². The monoisotopic (exact) mass is 437 g/mol. The molecule has 30 heavy (non-hydrogen) atoms. The maximum atomic E-state index is 9.67. The Morgan fingerprint density at radius 2 is 0.667 bits per heavy atom. The first-order valence-electron chi connectivity index (χ1n) is 13.1. The molecule has 0 saturated heterocycles. The van der Waals surface area contributed by atoms with Gasteiger partial charge >= 0.3 is 6.68 Å². The van der Waals surface area contributed by atoms with Crippen LogP contribution in [0, 0.1) is 0 Å². The fraction of sp³-hybridized carbons (Fsp3) is 1.00. The zero-order valence-corrected chi connectivity index (χ0v) is 20.6. The van der Waals surface area contributed by atoms with Gasteiger partial charge in [-0.05, 0) is 19.3 Å². The number of hydrogen-bond acceptors (Lipinski definition) is 1. The molecular formula is C26H54F3N. The topological polar surface area (TPSA) is 26.0 Å². The Morgan fingerprint density at radius 1 is 0.467 bits per heavy atom. The van der Waals surface area contributed by atoms with E-state index in [0.717, 1.165) is 0 Å². The summed E-state index contributed by atoms with van der Waals surface area (Å²) >= 11 is 0. The largest absolute Gasteiger partial charge is 0.379 e. The Hall–Kier alpha value is -0.250. The lowest BCUT2D eigenvalue weighted by molar-refractivity contribution is 0.00819. The molecule has 0 spiro atoms. The molecule has 0 radical (unpaired) electrons. The highest BCUT2D eigenvalue weighted by atomic mass is 19.4. The van der Waals surface area contributed by atoms with Crippen molar-refractivity contribution in [3.05, 3.63) is 0 Å². The smallest absolute Gasteiger partial charge is 0.325 e. The zero-order valence-electron chi connectivity index (χ0n) is 20.6. The Balaban J connectivity index is 0. The molecule has 0 unspecified atom stereocenters. The summed E-state index contributed by atoms with van der Waals surface area (Å²) in [5.41, 5.74) is 7.06. The third-order valence-corrected chi connectivity index (χ3v) is 6.08. The minimum atomic E-state index is -3.67. The van der Waals surface area contributed by atoms with Gasteiger partial charge in [0.15, 0.2) is 0 Å². The molecule has 184 valence electrons. The fourth-order valence-electron chi connectivity index (χ4n) is 4.15. The van der Waals surface area contributed by atoms with Crippen LogP contribution in [0.4, 0.5) is 13.2 Å². The van der Waals surface area contributed by atoms with Crippen molar-refractivity contribution in [1.29, 1.82) is 0 Å². The summed E-state index contributed by atoms with van der Waals surface area (Å²) in [7, 11) is 0. The second kappa shape index (κ2) is 25.0. The molecule has 1 nitrogen and oxygen atoms in total. The average Bonchev–Trinajstić information content (AvgIpc) is 2.70. The molecule has 0 aromatic rings. The van der Waals surface area contributed by atoms with Gasteiger partial charge in [0.2, 0.25) is 0 Å². The minimum absolute atomic E-state index is 0.139. The highest BCUT2D eigenvalue weighted by Crippen LogP contribution is 2.27. The molecule has 0 aliphatic carbocycles. The second-order valence-corrected chi connectivity index (χ2v) is 9.16. The van der Waals surface area contributed by atoms with E-state index in [1.807, 2.05) is 0 Å². The molecule has 0 heterocycles. The summed E-state index contributed by atoms with van der Waals surface area (Å²) in [4.78, 5) is 0. The number of alkyl halides is 3. The molecule has 0 saturated carbocycles. The number of halogens is 3. The number of rotatable bonds is 21. The lowest BCUT2D eigenvalue weighted by Crippen LogP contribution is -2.39. The Kier molecular flexibility index (Phi) is 26.6.